The van der Waals surface area contributed by atoms with Crippen molar-refractivity contribution in [1.29, 1.82) is 0 Å². The molecule has 1 rings (SSSR count). The molecular formula is C14H21NO3. The first-order valence-corrected chi connectivity index (χ1v) is 6.20. The maximum absolute atomic E-state index is 11.9. The molecule has 0 heterocycles. The van der Waals surface area contributed by atoms with Crippen molar-refractivity contribution in [1.82, 2.24) is 5.32 Å². The van der Waals surface area contributed by atoms with Gasteiger partial charge in [-0.1, -0.05) is 44.2 Å². The number of carbonyl (C=O) groups is 1. The molecule has 1 amide bonds. The Labute approximate surface area is 108 Å². The van der Waals surface area contributed by atoms with Gasteiger partial charge in [0.15, 0.2) is 6.10 Å². The molecular weight excluding hydrogens is 230 g/mol. The van der Waals surface area contributed by atoms with Crippen LogP contribution in [-0.2, 0) is 4.79 Å². The van der Waals surface area contributed by atoms with Crippen molar-refractivity contribution in [2.24, 2.45) is 5.92 Å². The third kappa shape index (κ3) is 4.13. The van der Waals surface area contributed by atoms with E-state index in [9.17, 15) is 9.90 Å². The topological polar surface area (TPSA) is 69.6 Å². The highest BCUT2D eigenvalue weighted by Crippen LogP contribution is 2.14. The van der Waals surface area contributed by atoms with E-state index >= 15 is 0 Å². The number of carbonyl (C=O) groups excluding carboxylic acids is 1. The van der Waals surface area contributed by atoms with Crippen LogP contribution in [0.1, 0.15) is 31.9 Å². The summed E-state index contributed by atoms with van der Waals surface area (Å²) in [4.78, 5) is 11.9. The van der Waals surface area contributed by atoms with Gasteiger partial charge in [-0.05, 0) is 17.9 Å². The molecule has 0 saturated heterocycles. The predicted molar refractivity (Wildman–Crippen MR) is 69.9 cm³/mol. The van der Waals surface area contributed by atoms with E-state index in [2.05, 4.69) is 5.32 Å². The summed E-state index contributed by atoms with van der Waals surface area (Å²) in [5, 5.41) is 21.6. The van der Waals surface area contributed by atoms with Crippen molar-refractivity contribution in [3.63, 3.8) is 0 Å². The maximum Gasteiger partial charge on any atom is 0.253 e. The van der Waals surface area contributed by atoms with Crippen molar-refractivity contribution in [2.75, 3.05) is 6.61 Å². The first-order chi connectivity index (χ1) is 8.56. The summed E-state index contributed by atoms with van der Waals surface area (Å²) in [7, 11) is 0. The fraction of sp³-hybridized carbons (Fsp3) is 0.500. The van der Waals surface area contributed by atoms with Crippen molar-refractivity contribution in [3.05, 3.63) is 35.9 Å². The molecule has 0 aliphatic heterocycles. The van der Waals surface area contributed by atoms with Gasteiger partial charge in [-0.2, -0.15) is 0 Å². The van der Waals surface area contributed by atoms with Crippen LogP contribution in [-0.4, -0.2) is 28.8 Å². The molecule has 4 heteroatoms. The van der Waals surface area contributed by atoms with E-state index in [1.165, 1.54) is 0 Å². The Morgan fingerprint density at radius 3 is 2.39 bits per heavy atom. The summed E-state index contributed by atoms with van der Waals surface area (Å²) in [5.74, 6) is -0.211. The fourth-order valence-corrected chi connectivity index (χ4v) is 1.76. The third-order valence-corrected chi connectivity index (χ3v) is 2.94. The van der Waals surface area contributed by atoms with Gasteiger partial charge in [0.2, 0.25) is 0 Å². The Morgan fingerprint density at radius 2 is 1.89 bits per heavy atom. The second-order valence-corrected chi connectivity index (χ2v) is 4.68. The van der Waals surface area contributed by atoms with Gasteiger partial charge in [0.25, 0.3) is 5.91 Å². The minimum absolute atomic E-state index is 0.0184. The van der Waals surface area contributed by atoms with Gasteiger partial charge in [0, 0.05) is 12.6 Å². The van der Waals surface area contributed by atoms with Crippen molar-refractivity contribution in [2.45, 2.75) is 32.4 Å². The van der Waals surface area contributed by atoms with Gasteiger partial charge in [0.1, 0.15) is 0 Å². The van der Waals surface area contributed by atoms with E-state index < -0.39 is 12.0 Å². The van der Waals surface area contributed by atoms with Crippen molar-refractivity contribution >= 4 is 5.91 Å². The van der Waals surface area contributed by atoms with Crippen LogP contribution < -0.4 is 5.32 Å². The average Bonchev–Trinajstić information content (AvgIpc) is 2.38. The molecule has 0 radical (unpaired) electrons. The highest BCUT2D eigenvalue weighted by molar-refractivity contribution is 5.82. The minimum atomic E-state index is -1.16. The van der Waals surface area contributed by atoms with Crippen LogP contribution in [0.3, 0.4) is 0 Å². The van der Waals surface area contributed by atoms with Crippen molar-refractivity contribution in [3.8, 4) is 0 Å². The number of hydrogen-bond acceptors (Lipinski definition) is 3. The summed E-state index contributed by atoms with van der Waals surface area (Å²) in [6.07, 6.45) is -0.670. The maximum atomic E-state index is 11.9. The number of aliphatic hydroxyl groups is 2. The number of amides is 1. The molecule has 0 fully saturated rings. The van der Waals surface area contributed by atoms with E-state index in [-0.39, 0.29) is 18.6 Å². The zero-order valence-electron chi connectivity index (χ0n) is 10.8. The summed E-state index contributed by atoms with van der Waals surface area (Å²) in [6, 6.07) is 8.68. The molecule has 18 heavy (non-hydrogen) atoms. The summed E-state index contributed by atoms with van der Waals surface area (Å²) in [5.41, 5.74) is 0.571. The van der Waals surface area contributed by atoms with Crippen LogP contribution in [0.5, 0.6) is 0 Å². The van der Waals surface area contributed by atoms with Crippen LogP contribution in [0.25, 0.3) is 0 Å². The zero-order chi connectivity index (χ0) is 13.5. The molecule has 0 aliphatic carbocycles. The molecule has 0 saturated carbocycles. The Balaban J connectivity index is 2.64. The van der Waals surface area contributed by atoms with Gasteiger partial charge in [0.05, 0.1) is 0 Å². The van der Waals surface area contributed by atoms with Gasteiger partial charge in [-0.25, -0.2) is 0 Å². The monoisotopic (exact) mass is 251 g/mol. The van der Waals surface area contributed by atoms with E-state index in [0.29, 0.717) is 12.0 Å². The second kappa shape index (κ2) is 7.13. The number of nitrogens with one attached hydrogen (secondary N) is 1. The number of benzene rings is 1. The van der Waals surface area contributed by atoms with Gasteiger partial charge >= 0.3 is 0 Å². The summed E-state index contributed by atoms with van der Waals surface area (Å²) >= 11 is 0. The van der Waals surface area contributed by atoms with Crippen LogP contribution in [0.15, 0.2) is 30.3 Å². The SMILES string of the molecule is CC(C)C(CCO)NC(=O)C(O)c1ccccc1. The molecule has 4 nitrogen and oxygen atoms in total. The summed E-state index contributed by atoms with van der Waals surface area (Å²) < 4.78 is 0. The van der Waals surface area contributed by atoms with E-state index in [1.807, 2.05) is 19.9 Å². The molecule has 2 atom stereocenters. The smallest absolute Gasteiger partial charge is 0.253 e. The lowest BCUT2D eigenvalue weighted by atomic mass is 10.0. The average molecular weight is 251 g/mol. The van der Waals surface area contributed by atoms with E-state index in [4.69, 9.17) is 5.11 Å². The second-order valence-electron chi connectivity index (χ2n) is 4.68. The molecule has 0 aliphatic rings. The Hall–Kier alpha value is -1.39. The van der Waals surface area contributed by atoms with Gasteiger partial charge in [-0.15, -0.1) is 0 Å². The zero-order valence-corrected chi connectivity index (χ0v) is 10.8. The molecule has 100 valence electrons. The van der Waals surface area contributed by atoms with Crippen LogP contribution in [0, 0.1) is 5.92 Å². The van der Waals surface area contributed by atoms with Gasteiger partial charge < -0.3 is 15.5 Å². The predicted octanol–water partition coefficient (Wildman–Crippen LogP) is 1.24. The van der Waals surface area contributed by atoms with Gasteiger partial charge in [-0.3, -0.25) is 4.79 Å². The lowest BCUT2D eigenvalue weighted by Crippen LogP contribution is -2.41. The molecule has 1 aromatic carbocycles. The molecule has 1 aromatic rings. The standard InChI is InChI=1S/C14H21NO3/c1-10(2)12(8-9-16)15-14(18)13(17)11-6-4-3-5-7-11/h3-7,10,12-13,16-17H,8-9H2,1-2H3,(H,15,18). The highest BCUT2D eigenvalue weighted by atomic mass is 16.3. The lowest BCUT2D eigenvalue weighted by molar-refractivity contribution is -0.130. The first kappa shape index (κ1) is 14.7. The lowest BCUT2D eigenvalue weighted by Gasteiger charge is -2.23. The molecule has 0 aromatic heterocycles. The quantitative estimate of drug-likeness (QED) is 0.712. The van der Waals surface area contributed by atoms with Crippen LogP contribution >= 0.6 is 0 Å². The molecule has 2 unspecified atom stereocenters. The largest absolute Gasteiger partial charge is 0.396 e. The van der Waals surface area contributed by atoms with Crippen LogP contribution in [0.4, 0.5) is 0 Å². The minimum Gasteiger partial charge on any atom is -0.396 e. The van der Waals surface area contributed by atoms with E-state index in [0.717, 1.165) is 0 Å². The molecule has 0 bridgehead atoms. The molecule has 0 spiro atoms. The van der Waals surface area contributed by atoms with Crippen LogP contribution in [0.2, 0.25) is 0 Å². The first-order valence-electron chi connectivity index (χ1n) is 6.20. The number of aliphatic hydroxyl groups excluding tert-OH is 2. The Kier molecular flexibility index (Phi) is 5.82. The fourth-order valence-electron chi connectivity index (χ4n) is 1.76. The van der Waals surface area contributed by atoms with E-state index in [1.54, 1.807) is 24.3 Å². The third-order valence-electron chi connectivity index (χ3n) is 2.94. The van der Waals surface area contributed by atoms with Crippen molar-refractivity contribution < 1.29 is 15.0 Å². The Morgan fingerprint density at radius 1 is 1.28 bits per heavy atom. The summed E-state index contributed by atoms with van der Waals surface area (Å²) in [6.45, 7) is 3.95. The number of hydrogen-bond donors (Lipinski definition) is 3. The highest BCUT2D eigenvalue weighted by Gasteiger charge is 2.21. The number of rotatable bonds is 6. The normalized spacial score (nSPS) is 14.3. The Bertz CT molecular complexity index is 365. The molecule has 3 N–H and O–H groups in total.